The Morgan fingerprint density at radius 1 is 1.35 bits per heavy atom. The Morgan fingerprint density at radius 3 is 2.65 bits per heavy atom. The second kappa shape index (κ2) is 5.24. The number of hydrogen-bond donors (Lipinski definition) is 1. The molecule has 0 saturated carbocycles. The van der Waals surface area contributed by atoms with E-state index in [1.807, 2.05) is 0 Å². The molecule has 0 unspecified atom stereocenters. The van der Waals surface area contributed by atoms with Crippen molar-refractivity contribution in [2.45, 2.75) is 20.4 Å². The van der Waals surface area contributed by atoms with Gasteiger partial charge in [-0.3, -0.25) is 9.78 Å². The minimum atomic E-state index is -1.27. The van der Waals surface area contributed by atoms with E-state index in [1.165, 1.54) is 16.8 Å². The number of carbonyl (C=O) groups is 1. The summed E-state index contributed by atoms with van der Waals surface area (Å²) in [4.78, 5) is 27.0. The SMILES string of the molecule is Cc1cc(C)n(Cc2cncc(F)c2)c(=O)c1C(=O)O. The van der Waals surface area contributed by atoms with E-state index < -0.39 is 17.3 Å². The third-order valence-electron chi connectivity index (χ3n) is 3.02. The molecule has 0 spiro atoms. The molecule has 0 aromatic carbocycles. The number of carboxylic acid groups (broad SMARTS) is 1. The molecule has 0 bridgehead atoms. The van der Waals surface area contributed by atoms with Crippen molar-refractivity contribution in [3.8, 4) is 0 Å². The van der Waals surface area contributed by atoms with Gasteiger partial charge < -0.3 is 9.67 Å². The van der Waals surface area contributed by atoms with Crippen molar-refractivity contribution in [3.05, 3.63) is 63.1 Å². The Balaban J connectivity index is 2.55. The average Bonchev–Trinajstić information content (AvgIpc) is 2.33. The van der Waals surface area contributed by atoms with Crippen LogP contribution in [0.25, 0.3) is 0 Å². The predicted octanol–water partition coefficient (Wildman–Crippen LogP) is 1.75. The van der Waals surface area contributed by atoms with Crippen LogP contribution in [-0.4, -0.2) is 20.6 Å². The van der Waals surface area contributed by atoms with Crippen LogP contribution < -0.4 is 5.56 Å². The zero-order valence-corrected chi connectivity index (χ0v) is 11.1. The van der Waals surface area contributed by atoms with Gasteiger partial charge in [0.05, 0.1) is 12.7 Å². The number of nitrogens with zero attached hydrogens (tertiary/aromatic N) is 2. The lowest BCUT2D eigenvalue weighted by Gasteiger charge is -2.12. The number of pyridine rings is 2. The molecule has 0 amide bonds. The topological polar surface area (TPSA) is 72.2 Å². The molecule has 0 saturated heterocycles. The lowest BCUT2D eigenvalue weighted by atomic mass is 10.1. The highest BCUT2D eigenvalue weighted by atomic mass is 19.1. The van der Waals surface area contributed by atoms with E-state index in [0.29, 0.717) is 16.8 Å². The number of carboxylic acids is 1. The van der Waals surface area contributed by atoms with Gasteiger partial charge in [-0.15, -0.1) is 0 Å². The number of aromatic nitrogens is 2. The molecule has 0 radical (unpaired) electrons. The van der Waals surface area contributed by atoms with Crippen LogP contribution in [0.5, 0.6) is 0 Å². The van der Waals surface area contributed by atoms with Gasteiger partial charge in [-0.1, -0.05) is 0 Å². The summed E-state index contributed by atoms with van der Waals surface area (Å²) in [6.45, 7) is 3.36. The van der Waals surface area contributed by atoms with Gasteiger partial charge >= 0.3 is 5.97 Å². The number of aromatic carboxylic acids is 1. The Hall–Kier alpha value is -2.50. The first-order valence-electron chi connectivity index (χ1n) is 5.94. The fraction of sp³-hybridized carbons (Fsp3) is 0.214. The molecule has 0 atom stereocenters. The molecule has 2 aromatic heterocycles. The van der Waals surface area contributed by atoms with Crippen LogP contribution in [0.15, 0.2) is 29.3 Å². The monoisotopic (exact) mass is 276 g/mol. The third-order valence-corrected chi connectivity index (χ3v) is 3.02. The first-order valence-corrected chi connectivity index (χ1v) is 5.94. The lowest BCUT2D eigenvalue weighted by molar-refractivity contribution is 0.0693. The Bertz CT molecular complexity index is 738. The van der Waals surface area contributed by atoms with Crippen LogP contribution in [0.4, 0.5) is 4.39 Å². The first-order chi connectivity index (χ1) is 9.40. The van der Waals surface area contributed by atoms with Gasteiger partial charge in [0, 0.05) is 11.9 Å². The molecule has 6 heteroatoms. The molecule has 0 aliphatic carbocycles. The second-order valence-corrected chi connectivity index (χ2v) is 4.55. The number of rotatable bonds is 3. The maximum atomic E-state index is 13.1. The van der Waals surface area contributed by atoms with E-state index >= 15 is 0 Å². The summed E-state index contributed by atoms with van der Waals surface area (Å²) in [5.74, 6) is -1.77. The first kappa shape index (κ1) is 13.9. The van der Waals surface area contributed by atoms with Gasteiger partial charge in [0.25, 0.3) is 5.56 Å². The summed E-state index contributed by atoms with van der Waals surface area (Å²) in [6, 6.07) is 2.89. The van der Waals surface area contributed by atoms with E-state index in [4.69, 9.17) is 5.11 Å². The highest BCUT2D eigenvalue weighted by Crippen LogP contribution is 2.09. The van der Waals surface area contributed by atoms with Gasteiger partial charge in [-0.25, -0.2) is 9.18 Å². The summed E-state index contributed by atoms with van der Waals surface area (Å²) in [7, 11) is 0. The molecule has 0 aliphatic heterocycles. The van der Waals surface area contributed by atoms with Crippen molar-refractivity contribution < 1.29 is 14.3 Å². The van der Waals surface area contributed by atoms with Crippen molar-refractivity contribution in [2.24, 2.45) is 0 Å². The van der Waals surface area contributed by atoms with Gasteiger partial charge in [-0.05, 0) is 37.1 Å². The van der Waals surface area contributed by atoms with Crippen LogP contribution in [0.3, 0.4) is 0 Å². The molecular formula is C14H13FN2O3. The standard InChI is InChI=1S/C14H13FN2O3/c1-8-3-9(2)17(13(18)12(8)14(19)20)7-10-4-11(15)6-16-5-10/h3-6H,7H2,1-2H3,(H,19,20). The fourth-order valence-corrected chi connectivity index (χ4v) is 2.11. The van der Waals surface area contributed by atoms with Crippen LogP contribution in [0, 0.1) is 19.7 Å². The van der Waals surface area contributed by atoms with Crippen LogP contribution in [0.2, 0.25) is 0 Å². The van der Waals surface area contributed by atoms with Gasteiger partial charge in [-0.2, -0.15) is 0 Å². The molecule has 20 heavy (non-hydrogen) atoms. The zero-order valence-electron chi connectivity index (χ0n) is 11.1. The molecule has 2 rings (SSSR count). The molecule has 2 heterocycles. The van der Waals surface area contributed by atoms with Crippen molar-refractivity contribution in [3.63, 3.8) is 0 Å². The molecule has 104 valence electrons. The smallest absolute Gasteiger partial charge is 0.341 e. The zero-order chi connectivity index (χ0) is 14.9. The number of aryl methyl sites for hydroxylation is 2. The summed E-state index contributed by atoms with van der Waals surface area (Å²) in [5.41, 5.74) is 0.657. The fourth-order valence-electron chi connectivity index (χ4n) is 2.11. The Morgan fingerprint density at radius 2 is 2.05 bits per heavy atom. The summed E-state index contributed by atoms with van der Waals surface area (Å²) in [6.07, 6.45) is 2.51. The van der Waals surface area contributed by atoms with E-state index in [1.54, 1.807) is 19.9 Å². The predicted molar refractivity (Wildman–Crippen MR) is 70.4 cm³/mol. The number of halogens is 1. The van der Waals surface area contributed by atoms with Crippen molar-refractivity contribution in [2.75, 3.05) is 0 Å². The Labute approximate surface area is 114 Å². The highest BCUT2D eigenvalue weighted by molar-refractivity contribution is 5.88. The van der Waals surface area contributed by atoms with Gasteiger partial charge in [0.2, 0.25) is 0 Å². The van der Waals surface area contributed by atoms with Crippen molar-refractivity contribution in [1.82, 2.24) is 9.55 Å². The maximum absolute atomic E-state index is 13.1. The minimum absolute atomic E-state index is 0.0794. The lowest BCUT2D eigenvalue weighted by Crippen LogP contribution is -2.29. The third kappa shape index (κ3) is 2.59. The summed E-state index contributed by atoms with van der Waals surface area (Å²) >= 11 is 0. The molecular weight excluding hydrogens is 263 g/mol. The second-order valence-electron chi connectivity index (χ2n) is 4.55. The molecule has 1 N–H and O–H groups in total. The summed E-state index contributed by atoms with van der Waals surface area (Å²) < 4.78 is 14.4. The van der Waals surface area contributed by atoms with Crippen molar-refractivity contribution >= 4 is 5.97 Å². The van der Waals surface area contributed by atoms with Crippen LogP contribution in [-0.2, 0) is 6.54 Å². The Kier molecular flexibility index (Phi) is 3.65. The molecule has 2 aromatic rings. The maximum Gasteiger partial charge on any atom is 0.341 e. The normalized spacial score (nSPS) is 10.6. The van der Waals surface area contributed by atoms with E-state index in [2.05, 4.69) is 4.98 Å². The van der Waals surface area contributed by atoms with Crippen LogP contribution in [0.1, 0.15) is 27.2 Å². The number of hydrogen-bond acceptors (Lipinski definition) is 3. The largest absolute Gasteiger partial charge is 0.477 e. The molecule has 0 aliphatic rings. The molecule has 0 fully saturated rings. The van der Waals surface area contributed by atoms with Gasteiger partial charge in [0.15, 0.2) is 0 Å². The quantitative estimate of drug-likeness (QED) is 0.927. The highest BCUT2D eigenvalue weighted by Gasteiger charge is 2.16. The average molecular weight is 276 g/mol. The van der Waals surface area contributed by atoms with E-state index in [9.17, 15) is 14.0 Å². The van der Waals surface area contributed by atoms with E-state index in [0.717, 1.165) is 6.20 Å². The minimum Gasteiger partial charge on any atom is -0.477 e. The molecule has 5 nitrogen and oxygen atoms in total. The van der Waals surface area contributed by atoms with E-state index in [-0.39, 0.29) is 12.1 Å². The van der Waals surface area contributed by atoms with Gasteiger partial charge in [0.1, 0.15) is 11.4 Å². The van der Waals surface area contributed by atoms with Crippen molar-refractivity contribution in [1.29, 1.82) is 0 Å². The van der Waals surface area contributed by atoms with Crippen LogP contribution >= 0.6 is 0 Å². The summed E-state index contributed by atoms with van der Waals surface area (Å²) in [5, 5.41) is 9.09.